The lowest BCUT2D eigenvalue weighted by molar-refractivity contribution is 0.253. The quantitative estimate of drug-likeness (QED) is 0.243. The van der Waals surface area contributed by atoms with Gasteiger partial charge in [0.1, 0.15) is 5.82 Å². The van der Waals surface area contributed by atoms with E-state index in [9.17, 15) is 4.39 Å². The van der Waals surface area contributed by atoms with Crippen molar-refractivity contribution in [2.45, 2.75) is 39.5 Å². The first-order valence-electron chi connectivity index (χ1n) is 8.67. The van der Waals surface area contributed by atoms with Crippen LogP contribution in [0.1, 0.15) is 38.7 Å². The van der Waals surface area contributed by atoms with Gasteiger partial charge in [-0.25, -0.2) is 4.39 Å². The van der Waals surface area contributed by atoms with Crippen LogP contribution in [0.15, 0.2) is 27.7 Å². The molecule has 0 radical (unpaired) electrons. The summed E-state index contributed by atoms with van der Waals surface area (Å²) in [4.78, 5) is 4.60. The molecule has 7 heteroatoms. The second kappa shape index (κ2) is 14.7. The van der Waals surface area contributed by atoms with Crippen LogP contribution in [-0.2, 0) is 6.42 Å². The van der Waals surface area contributed by atoms with Crippen molar-refractivity contribution in [2.75, 3.05) is 26.2 Å². The third-order valence-corrected chi connectivity index (χ3v) is 4.27. The van der Waals surface area contributed by atoms with Crippen molar-refractivity contribution in [1.82, 2.24) is 10.6 Å². The lowest BCUT2D eigenvalue weighted by Crippen LogP contribution is -2.38. The largest absolute Gasteiger partial charge is 0.396 e. The lowest BCUT2D eigenvalue weighted by Gasteiger charge is -2.15. The van der Waals surface area contributed by atoms with Crippen LogP contribution in [0, 0.1) is 11.7 Å². The highest BCUT2D eigenvalue weighted by Gasteiger charge is 2.08. The predicted octanol–water partition coefficient (Wildman–Crippen LogP) is 4.10. The molecule has 1 rings (SSSR count). The zero-order valence-electron chi connectivity index (χ0n) is 15.0. The summed E-state index contributed by atoms with van der Waals surface area (Å²) >= 11 is 3.37. The number of aliphatic imine (C=N–C) groups is 1. The van der Waals surface area contributed by atoms with Crippen LogP contribution >= 0.6 is 39.9 Å². The van der Waals surface area contributed by atoms with Crippen molar-refractivity contribution in [3.63, 3.8) is 0 Å². The Morgan fingerprint density at radius 1 is 1.28 bits per heavy atom. The maximum Gasteiger partial charge on any atom is 0.191 e. The minimum Gasteiger partial charge on any atom is -0.396 e. The van der Waals surface area contributed by atoms with Crippen LogP contribution in [-0.4, -0.2) is 37.3 Å². The maximum absolute atomic E-state index is 13.7. The Kier molecular flexibility index (Phi) is 14.5. The number of halogens is 3. The zero-order valence-corrected chi connectivity index (χ0v) is 18.9. The van der Waals surface area contributed by atoms with Gasteiger partial charge in [0.05, 0.1) is 0 Å². The number of hydrogen-bond acceptors (Lipinski definition) is 2. The Hall–Kier alpha value is -0.410. The molecule has 1 atom stereocenters. The molecule has 0 amide bonds. The molecule has 0 aliphatic rings. The number of aliphatic hydroxyl groups is 1. The monoisotopic (exact) mass is 529 g/mol. The fraction of sp³-hybridized carbons (Fsp3) is 0.611. The van der Waals surface area contributed by atoms with Gasteiger partial charge < -0.3 is 15.7 Å². The van der Waals surface area contributed by atoms with E-state index in [4.69, 9.17) is 5.11 Å². The Balaban J connectivity index is 0.00000576. The van der Waals surface area contributed by atoms with Gasteiger partial charge in [0.2, 0.25) is 0 Å². The first-order chi connectivity index (χ1) is 11.6. The van der Waals surface area contributed by atoms with Crippen molar-refractivity contribution in [2.24, 2.45) is 10.9 Å². The topological polar surface area (TPSA) is 56.7 Å². The maximum atomic E-state index is 13.7. The smallest absolute Gasteiger partial charge is 0.191 e. The first kappa shape index (κ1) is 24.6. The van der Waals surface area contributed by atoms with Gasteiger partial charge in [0.15, 0.2) is 5.96 Å². The molecule has 0 saturated carbocycles. The molecule has 0 heterocycles. The van der Waals surface area contributed by atoms with Gasteiger partial charge in [-0.2, -0.15) is 0 Å². The van der Waals surface area contributed by atoms with E-state index in [1.165, 1.54) is 6.07 Å². The van der Waals surface area contributed by atoms with Crippen molar-refractivity contribution < 1.29 is 9.50 Å². The average molecular weight is 530 g/mol. The Morgan fingerprint density at radius 3 is 2.68 bits per heavy atom. The van der Waals surface area contributed by atoms with E-state index in [-0.39, 0.29) is 36.4 Å². The highest BCUT2D eigenvalue weighted by Crippen LogP contribution is 2.15. The van der Waals surface area contributed by atoms with Crippen molar-refractivity contribution in [3.8, 4) is 0 Å². The second-order valence-electron chi connectivity index (χ2n) is 5.80. The van der Waals surface area contributed by atoms with Crippen molar-refractivity contribution in [1.29, 1.82) is 0 Å². The van der Waals surface area contributed by atoms with E-state index in [0.29, 0.717) is 31.0 Å². The number of guanidine groups is 1. The number of benzene rings is 1. The number of nitrogens with one attached hydrogen (secondary N) is 2. The summed E-state index contributed by atoms with van der Waals surface area (Å²) in [5, 5.41) is 15.6. The molecule has 0 bridgehead atoms. The molecule has 144 valence electrons. The predicted molar refractivity (Wildman–Crippen MR) is 117 cm³/mol. The molecule has 25 heavy (non-hydrogen) atoms. The molecule has 0 aliphatic carbocycles. The number of hydrogen-bond donors (Lipinski definition) is 3. The third-order valence-electron chi connectivity index (χ3n) is 3.78. The van der Waals surface area contributed by atoms with Gasteiger partial charge in [-0.15, -0.1) is 24.0 Å². The van der Waals surface area contributed by atoms with Crippen LogP contribution in [0.5, 0.6) is 0 Å². The number of aliphatic hydroxyl groups excluding tert-OH is 1. The molecule has 0 aliphatic heterocycles. The minimum atomic E-state index is -0.187. The molecule has 0 spiro atoms. The van der Waals surface area contributed by atoms with E-state index in [1.807, 2.05) is 6.92 Å². The van der Waals surface area contributed by atoms with Crippen molar-refractivity contribution in [3.05, 3.63) is 34.1 Å². The second-order valence-corrected chi connectivity index (χ2v) is 6.71. The van der Waals surface area contributed by atoms with Crippen LogP contribution in [0.25, 0.3) is 0 Å². The van der Waals surface area contributed by atoms with Gasteiger partial charge in [-0.1, -0.05) is 29.3 Å². The zero-order chi connectivity index (χ0) is 17.8. The Labute approximate surface area is 176 Å². The average Bonchev–Trinajstić information content (AvgIpc) is 2.56. The van der Waals surface area contributed by atoms with Gasteiger partial charge in [-0.3, -0.25) is 4.99 Å². The molecule has 0 aromatic heterocycles. The van der Waals surface area contributed by atoms with Gasteiger partial charge in [0.25, 0.3) is 0 Å². The summed E-state index contributed by atoms with van der Waals surface area (Å²) in [6, 6.07) is 4.98. The minimum absolute atomic E-state index is 0. The van der Waals surface area contributed by atoms with E-state index in [0.717, 1.165) is 36.2 Å². The van der Waals surface area contributed by atoms with Crippen LogP contribution in [0.4, 0.5) is 4.39 Å². The van der Waals surface area contributed by atoms with Gasteiger partial charge in [-0.05, 0) is 55.9 Å². The molecule has 4 nitrogen and oxygen atoms in total. The normalized spacial score (nSPS) is 12.4. The molecular formula is C18H30BrFIN3O. The van der Waals surface area contributed by atoms with E-state index in [1.54, 1.807) is 12.1 Å². The molecule has 3 N–H and O–H groups in total. The molecular weight excluding hydrogens is 500 g/mol. The number of rotatable bonds is 10. The van der Waals surface area contributed by atoms with E-state index >= 15 is 0 Å². The van der Waals surface area contributed by atoms with E-state index in [2.05, 4.69) is 38.5 Å². The molecule has 1 aromatic rings. The van der Waals surface area contributed by atoms with Crippen molar-refractivity contribution >= 4 is 45.9 Å². The summed E-state index contributed by atoms with van der Waals surface area (Å²) in [5.41, 5.74) is 0.678. The summed E-state index contributed by atoms with van der Waals surface area (Å²) in [6.45, 7) is 6.43. The highest BCUT2D eigenvalue weighted by molar-refractivity contribution is 14.0. The fourth-order valence-electron chi connectivity index (χ4n) is 2.53. The summed E-state index contributed by atoms with van der Waals surface area (Å²) in [6.07, 6.45) is 3.52. The lowest BCUT2D eigenvalue weighted by atomic mass is 10.0. The summed E-state index contributed by atoms with van der Waals surface area (Å²) < 4.78 is 14.6. The van der Waals surface area contributed by atoms with E-state index < -0.39 is 0 Å². The summed E-state index contributed by atoms with van der Waals surface area (Å²) in [5.74, 6) is 0.956. The molecule has 0 fully saturated rings. The molecule has 1 aromatic carbocycles. The fourth-order valence-corrected chi connectivity index (χ4v) is 2.94. The standard InChI is InChI=1S/C18H29BrFN3O.HI/c1-3-5-14(9-11-24)13-23-18(21-4-2)22-10-8-15-12-16(19)6-7-17(15)20;/h6-7,12,14,24H,3-5,8-11,13H2,1-2H3,(H2,21,22,23);1H. The SMILES string of the molecule is CCCC(CCO)CN=C(NCC)NCCc1cc(Br)ccc1F.I. The third kappa shape index (κ3) is 10.4. The highest BCUT2D eigenvalue weighted by atomic mass is 127. The van der Waals surface area contributed by atoms with Gasteiger partial charge in [0, 0.05) is 30.7 Å². The van der Waals surface area contributed by atoms with Crippen LogP contribution < -0.4 is 10.6 Å². The Bertz CT molecular complexity index is 511. The van der Waals surface area contributed by atoms with Crippen LogP contribution in [0.2, 0.25) is 0 Å². The molecule has 0 saturated heterocycles. The Morgan fingerprint density at radius 2 is 2.04 bits per heavy atom. The first-order valence-corrected chi connectivity index (χ1v) is 9.46. The molecule has 1 unspecified atom stereocenters. The summed E-state index contributed by atoms with van der Waals surface area (Å²) in [7, 11) is 0. The van der Waals surface area contributed by atoms with Crippen LogP contribution in [0.3, 0.4) is 0 Å². The number of nitrogens with zero attached hydrogens (tertiary/aromatic N) is 1. The van der Waals surface area contributed by atoms with Gasteiger partial charge >= 0.3 is 0 Å².